The van der Waals surface area contributed by atoms with Crippen molar-refractivity contribution in [2.24, 2.45) is 0 Å². The number of likely N-dealkylation sites (N-methyl/N-ethyl adjacent to an activating group) is 1. The van der Waals surface area contributed by atoms with E-state index in [0.717, 1.165) is 25.2 Å². The topological polar surface area (TPSA) is 53.4 Å². The third-order valence-electron chi connectivity index (χ3n) is 3.92. The number of rotatable bonds is 2. The first-order valence-electron chi connectivity index (χ1n) is 6.77. The van der Waals surface area contributed by atoms with Crippen molar-refractivity contribution < 1.29 is 18.7 Å². The Morgan fingerprint density at radius 2 is 2.10 bits per heavy atom. The Balaban J connectivity index is 2.32. The standard InChI is InChI=1S/C15H14F2N2O2/c1-2-19-4-3-12-9(7-19)14(15(20)21)8-5-10(16)11(17)6-13(8)18-12/h5-6H,2-4,7H2,1H3,(H,20,21). The average molecular weight is 292 g/mol. The van der Waals surface area contributed by atoms with Crippen LogP contribution in [0.4, 0.5) is 8.78 Å². The molecule has 1 aromatic heterocycles. The largest absolute Gasteiger partial charge is 0.478 e. The van der Waals surface area contributed by atoms with Gasteiger partial charge >= 0.3 is 5.97 Å². The van der Waals surface area contributed by atoms with E-state index in [1.807, 2.05) is 6.92 Å². The second kappa shape index (κ2) is 5.04. The minimum atomic E-state index is -1.14. The third-order valence-corrected chi connectivity index (χ3v) is 3.92. The van der Waals surface area contributed by atoms with E-state index in [4.69, 9.17) is 0 Å². The number of benzene rings is 1. The number of hydrogen-bond acceptors (Lipinski definition) is 3. The first kappa shape index (κ1) is 13.9. The normalized spacial score (nSPS) is 15.2. The van der Waals surface area contributed by atoms with Crippen LogP contribution in [0.1, 0.15) is 28.5 Å². The molecule has 3 rings (SSSR count). The van der Waals surface area contributed by atoms with Crippen LogP contribution < -0.4 is 0 Å². The zero-order chi connectivity index (χ0) is 15.1. The molecule has 21 heavy (non-hydrogen) atoms. The smallest absolute Gasteiger partial charge is 0.336 e. The Kier molecular flexibility index (Phi) is 3.33. The first-order valence-corrected chi connectivity index (χ1v) is 6.77. The number of pyridine rings is 1. The molecule has 6 heteroatoms. The number of nitrogens with zero attached hydrogens (tertiary/aromatic N) is 2. The highest BCUT2D eigenvalue weighted by molar-refractivity contribution is 6.04. The number of hydrogen-bond donors (Lipinski definition) is 1. The molecule has 0 amide bonds. The highest BCUT2D eigenvalue weighted by atomic mass is 19.2. The molecule has 0 radical (unpaired) electrons. The third kappa shape index (κ3) is 2.25. The van der Waals surface area contributed by atoms with Crippen LogP contribution in [0.2, 0.25) is 0 Å². The van der Waals surface area contributed by atoms with Gasteiger partial charge in [0.2, 0.25) is 0 Å². The van der Waals surface area contributed by atoms with Crippen LogP contribution in [0.3, 0.4) is 0 Å². The Bertz CT molecular complexity index is 746. The molecule has 0 bridgehead atoms. The summed E-state index contributed by atoms with van der Waals surface area (Å²) >= 11 is 0. The molecule has 0 atom stereocenters. The number of carbonyl (C=O) groups is 1. The molecule has 110 valence electrons. The molecule has 2 aromatic rings. The lowest BCUT2D eigenvalue weighted by Gasteiger charge is -2.28. The summed E-state index contributed by atoms with van der Waals surface area (Å²) in [5.41, 5.74) is 1.49. The van der Waals surface area contributed by atoms with Crippen molar-refractivity contribution in [3.05, 3.63) is 40.6 Å². The van der Waals surface area contributed by atoms with Crippen molar-refractivity contribution in [1.29, 1.82) is 0 Å². The number of fused-ring (bicyclic) bond motifs is 2. The van der Waals surface area contributed by atoms with Gasteiger partial charge in [-0.05, 0) is 12.6 Å². The fourth-order valence-electron chi connectivity index (χ4n) is 2.81. The van der Waals surface area contributed by atoms with Crippen LogP contribution in [0.5, 0.6) is 0 Å². The molecule has 0 fully saturated rings. The first-order chi connectivity index (χ1) is 10.0. The Labute approximate surface area is 120 Å². The van der Waals surface area contributed by atoms with Crippen molar-refractivity contribution in [2.75, 3.05) is 13.1 Å². The van der Waals surface area contributed by atoms with E-state index >= 15 is 0 Å². The maximum Gasteiger partial charge on any atom is 0.336 e. The van der Waals surface area contributed by atoms with Crippen molar-refractivity contribution in [1.82, 2.24) is 9.88 Å². The molecule has 1 aromatic carbocycles. The lowest BCUT2D eigenvalue weighted by Crippen LogP contribution is -2.32. The van der Waals surface area contributed by atoms with Gasteiger partial charge in [-0.2, -0.15) is 0 Å². The molecule has 0 unspecified atom stereocenters. The van der Waals surface area contributed by atoms with E-state index in [2.05, 4.69) is 9.88 Å². The number of aromatic carboxylic acids is 1. The minimum Gasteiger partial charge on any atom is -0.478 e. The summed E-state index contributed by atoms with van der Waals surface area (Å²) in [5.74, 6) is -3.21. The van der Waals surface area contributed by atoms with Gasteiger partial charge in [0.05, 0.1) is 11.1 Å². The number of carboxylic acids is 1. The van der Waals surface area contributed by atoms with E-state index in [-0.39, 0.29) is 16.5 Å². The molecule has 0 saturated carbocycles. The maximum absolute atomic E-state index is 13.5. The molecular weight excluding hydrogens is 278 g/mol. The zero-order valence-corrected chi connectivity index (χ0v) is 11.5. The van der Waals surface area contributed by atoms with Gasteiger partial charge in [0.25, 0.3) is 0 Å². The van der Waals surface area contributed by atoms with Crippen molar-refractivity contribution in [3.63, 3.8) is 0 Å². The van der Waals surface area contributed by atoms with E-state index < -0.39 is 17.6 Å². The molecule has 4 nitrogen and oxygen atoms in total. The fourth-order valence-corrected chi connectivity index (χ4v) is 2.81. The lowest BCUT2D eigenvalue weighted by atomic mass is 9.95. The minimum absolute atomic E-state index is 0.0343. The predicted octanol–water partition coefficient (Wildman–Crippen LogP) is 2.59. The molecule has 0 aliphatic carbocycles. The molecule has 1 aliphatic heterocycles. The number of halogens is 2. The van der Waals surface area contributed by atoms with E-state index in [9.17, 15) is 18.7 Å². The average Bonchev–Trinajstić information content (AvgIpc) is 2.45. The summed E-state index contributed by atoms with van der Waals surface area (Å²) in [5, 5.41) is 9.65. The second-order valence-corrected chi connectivity index (χ2v) is 5.12. The van der Waals surface area contributed by atoms with Gasteiger partial charge in [-0.1, -0.05) is 6.92 Å². The van der Waals surface area contributed by atoms with Crippen LogP contribution in [0.15, 0.2) is 12.1 Å². The van der Waals surface area contributed by atoms with Crippen molar-refractivity contribution >= 4 is 16.9 Å². The summed E-state index contributed by atoms with van der Waals surface area (Å²) in [7, 11) is 0. The van der Waals surface area contributed by atoms with Crippen molar-refractivity contribution in [3.8, 4) is 0 Å². The van der Waals surface area contributed by atoms with Gasteiger partial charge in [0.15, 0.2) is 11.6 Å². The van der Waals surface area contributed by atoms with Gasteiger partial charge in [0.1, 0.15) is 0 Å². The van der Waals surface area contributed by atoms with E-state index in [1.54, 1.807) is 0 Å². The summed E-state index contributed by atoms with van der Waals surface area (Å²) in [6.07, 6.45) is 0.610. The summed E-state index contributed by atoms with van der Waals surface area (Å²) in [6.45, 7) is 4.05. The fraction of sp³-hybridized carbons (Fsp3) is 0.333. The van der Waals surface area contributed by atoms with Gasteiger partial charge in [0, 0.05) is 42.2 Å². The summed E-state index contributed by atoms with van der Waals surface area (Å²) < 4.78 is 26.8. The van der Waals surface area contributed by atoms with Crippen LogP contribution in [-0.4, -0.2) is 34.0 Å². The van der Waals surface area contributed by atoms with Crippen LogP contribution in [0, 0.1) is 11.6 Å². The highest BCUT2D eigenvalue weighted by Crippen LogP contribution is 2.29. The Hall–Kier alpha value is -2.08. The van der Waals surface area contributed by atoms with E-state index in [1.165, 1.54) is 0 Å². The van der Waals surface area contributed by atoms with Gasteiger partial charge in [-0.15, -0.1) is 0 Å². The monoisotopic (exact) mass is 292 g/mol. The number of carboxylic acid groups (broad SMARTS) is 1. The molecule has 0 saturated heterocycles. The molecule has 1 N–H and O–H groups in total. The SMILES string of the molecule is CCN1CCc2nc3cc(F)c(F)cc3c(C(=O)O)c2C1. The lowest BCUT2D eigenvalue weighted by molar-refractivity contribution is 0.0695. The van der Waals surface area contributed by atoms with Crippen LogP contribution >= 0.6 is 0 Å². The highest BCUT2D eigenvalue weighted by Gasteiger charge is 2.25. The Morgan fingerprint density at radius 3 is 2.76 bits per heavy atom. The van der Waals surface area contributed by atoms with Crippen LogP contribution in [-0.2, 0) is 13.0 Å². The zero-order valence-electron chi connectivity index (χ0n) is 11.5. The van der Waals surface area contributed by atoms with Gasteiger partial charge in [-0.3, -0.25) is 9.88 Å². The predicted molar refractivity (Wildman–Crippen MR) is 73.3 cm³/mol. The summed E-state index contributed by atoms with van der Waals surface area (Å²) in [4.78, 5) is 18.0. The summed E-state index contributed by atoms with van der Waals surface area (Å²) in [6, 6.07) is 1.88. The second-order valence-electron chi connectivity index (χ2n) is 5.12. The number of aromatic nitrogens is 1. The van der Waals surface area contributed by atoms with Crippen molar-refractivity contribution in [2.45, 2.75) is 19.9 Å². The molecule has 0 spiro atoms. The Morgan fingerprint density at radius 1 is 1.38 bits per heavy atom. The molecular formula is C15H14F2N2O2. The quantitative estimate of drug-likeness (QED) is 0.924. The van der Waals surface area contributed by atoms with E-state index in [0.29, 0.717) is 24.2 Å². The van der Waals surface area contributed by atoms with Gasteiger partial charge < -0.3 is 5.11 Å². The molecule has 2 heterocycles. The van der Waals surface area contributed by atoms with Gasteiger partial charge in [-0.25, -0.2) is 13.6 Å². The molecule has 1 aliphatic rings. The maximum atomic E-state index is 13.5. The van der Waals surface area contributed by atoms with Crippen LogP contribution in [0.25, 0.3) is 10.9 Å².